The molecule has 0 aromatic carbocycles. The Balaban J connectivity index is 1.47. The number of ether oxygens (including phenoxy) is 3. The summed E-state index contributed by atoms with van der Waals surface area (Å²) in [6.07, 6.45) is 9.46. The number of hydrogen-bond acceptors (Lipinski definition) is 6. The second-order valence-electron chi connectivity index (χ2n) is 8.64. The number of amides is 1. The molecule has 158 valence electrons. The third-order valence-electron chi connectivity index (χ3n) is 5.19. The van der Waals surface area contributed by atoms with Crippen LogP contribution >= 0.6 is 0 Å². The van der Waals surface area contributed by atoms with E-state index in [4.69, 9.17) is 9.47 Å². The molecule has 0 unspecified atom stereocenters. The van der Waals surface area contributed by atoms with Crippen molar-refractivity contribution in [2.45, 2.75) is 57.6 Å². The lowest BCUT2D eigenvalue weighted by atomic mass is 10.1. The first-order chi connectivity index (χ1) is 13.8. The molecule has 1 aliphatic heterocycles. The summed E-state index contributed by atoms with van der Waals surface area (Å²) in [5.41, 5.74) is 0.653. The smallest absolute Gasteiger partial charge is 0.410 e. The summed E-state index contributed by atoms with van der Waals surface area (Å²) in [6.45, 7) is 6.72. The van der Waals surface area contributed by atoms with Crippen molar-refractivity contribution in [1.82, 2.24) is 9.88 Å². The molecule has 1 aromatic rings. The number of allylic oxidation sites excluding steroid dienone is 1. The van der Waals surface area contributed by atoms with Crippen LogP contribution < -0.4 is 4.74 Å². The molecule has 1 aliphatic carbocycles. The molecule has 0 bridgehead atoms. The highest BCUT2D eigenvalue weighted by Crippen LogP contribution is 2.50. The number of hydrogen-bond donors (Lipinski definition) is 0. The SMILES string of the molecule is COC(=O)C=CC[C@H]1C[C@@H]1c1cncc(OC[C@@H]2CCN2C(=O)OC(C)(C)C)c1. The number of likely N-dealkylation sites (tertiary alicyclic amines) is 1. The zero-order chi connectivity index (χ0) is 21.0. The third kappa shape index (κ3) is 5.95. The van der Waals surface area contributed by atoms with E-state index in [1.165, 1.54) is 13.2 Å². The number of carbonyl (C=O) groups is 2. The molecule has 0 N–H and O–H groups in total. The summed E-state index contributed by atoms with van der Waals surface area (Å²) < 4.78 is 15.9. The van der Waals surface area contributed by atoms with Crippen LogP contribution in [0.25, 0.3) is 0 Å². The number of rotatable bonds is 7. The summed E-state index contributed by atoms with van der Waals surface area (Å²) in [5.74, 6) is 1.35. The van der Waals surface area contributed by atoms with E-state index in [0.717, 1.165) is 24.8 Å². The van der Waals surface area contributed by atoms with Gasteiger partial charge in [-0.3, -0.25) is 4.98 Å². The first-order valence-electron chi connectivity index (χ1n) is 10.1. The van der Waals surface area contributed by atoms with Gasteiger partial charge in [-0.1, -0.05) is 6.08 Å². The highest BCUT2D eigenvalue weighted by atomic mass is 16.6. The maximum Gasteiger partial charge on any atom is 0.410 e. The average molecular weight is 402 g/mol. The molecule has 2 fully saturated rings. The Labute approximate surface area is 172 Å². The summed E-state index contributed by atoms with van der Waals surface area (Å²) in [4.78, 5) is 29.4. The highest BCUT2D eigenvalue weighted by Gasteiger charge is 2.38. The number of methoxy groups -OCH3 is 1. The zero-order valence-electron chi connectivity index (χ0n) is 17.6. The van der Waals surface area contributed by atoms with Crippen LogP contribution in [-0.2, 0) is 14.3 Å². The minimum absolute atomic E-state index is 0.0330. The number of nitrogens with zero attached hydrogens (tertiary/aromatic N) is 2. The predicted octanol–water partition coefficient (Wildman–Crippen LogP) is 3.69. The lowest BCUT2D eigenvalue weighted by Gasteiger charge is -2.40. The first-order valence-corrected chi connectivity index (χ1v) is 10.1. The molecular formula is C22H30N2O5. The molecule has 3 rings (SSSR count). The topological polar surface area (TPSA) is 78.0 Å². The van der Waals surface area contributed by atoms with Gasteiger partial charge < -0.3 is 19.1 Å². The van der Waals surface area contributed by atoms with Crippen LogP contribution in [0.2, 0.25) is 0 Å². The first kappa shape index (κ1) is 21.1. The van der Waals surface area contributed by atoms with Crippen LogP contribution in [0.15, 0.2) is 30.6 Å². The van der Waals surface area contributed by atoms with Gasteiger partial charge in [-0.15, -0.1) is 0 Å². The third-order valence-corrected chi connectivity index (χ3v) is 5.19. The molecule has 7 nitrogen and oxygen atoms in total. The van der Waals surface area contributed by atoms with Crippen LogP contribution in [0, 0.1) is 5.92 Å². The van der Waals surface area contributed by atoms with Gasteiger partial charge in [-0.25, -0.2) is 9.59 Å². The van der Waals surface area contributed by atoms with Crippen molar-refractivity contribution >= 4 is 12.1 Å². The van der Waals surface area contributed by atoms with Gasteiger partial charge in [0.1, 0.15) is 18.0 Å². The second-order valence-corrected chi connectivity index (χ2v) is 8.64. The van der Waals surface area contributed by atoms with Crippen molar-refractivity contribution < 1.29 is 23.8 Å². The van der Waals surface area contributed by atoms with Crippen LogP contribution in [0.3, 0.4) is 0 Å². The Bertz CT molecular complexity index is 771. The minimum atomic E-state index is -0.497. The van der Waals surface area contributed by atoms with Gasteiger partial charge in [0.25, 0.3) is 0 Å². The number of aromatic nitrogens is 1. The van der Waals surface area contributed by atoms with Crippen molar-refractivity contribution in [3.05, 3.63) is 36.2 Å². The summed E-state index contributed by atoms with van der Waals surface area (Å²) in [5, 5.41) is 0. The molecule has 7 heteroatoms. The minimum Gasteiger partial charge on any atom is -0.490 e. The molecule has 29 heavy (non-hydrogen) atoms. The lowest BCUT2D eigenvalue weighted by Crippen LogP contribution is -2.55. The van der Waals surface area contributed by atoms with Gasteiger partial charge >= 0.3 is 12.1 Å². The van der Waals surface area contributed by atoms with Crippen molar-refractivity contribution in [3.63, 3.8) is 0 Å². The maximum absolute atomic E-state index is 12.2. The molecule has 0 radical (unpaired) electrons. The van der Waals surface area contributed by atoms with Gasteiger partial charge in [0.05, 0.1) is 19.3 Å². The van der Waals surface area contributed by atoms with E-state index >= 15 is 0 Å². The zero-order valence-corrected chi connectivity index (χ0v) is 17.6. The van der Waals surface area contributed by atoms with Gasteiger partial charge in [0, 0.05) is 18.8 Å². The fraction of sp³-hybridized carbons (Fsp3) is 0.591. The monoisotopic (exact) mass is 402 g/mol. The number of carbonyl (C=O) groups excluding carboxylic acids is 2. The molecule has 1 amide bonds. The van der Waals surface area contributed by atoms with Gasteiger partial charge in [0.15, 0.2) is 0 Å². The van der Waals surface area contributed by atoms with E-state index in [-0.39, 0.29) is 18.1 Å². The fourth-order valence-corrected chi connectivity index (χ4v) is 3.41. The molecule has 1 saturated heterocycles. The van der Waals surface area contributed by atoms with Crippen LogP contribution in [0.4, 0.5) is 4.79 Å². The summed E-state index contributed by atoms with van der Waals surface area (Å²) in [7, 11) is 1.38. The van der Waals surface area contributed by atoms with Gasteiger partial charge in [-0.05, 0) is 63.5 Å². The van der Waals surface area contributed by atoms with Gasteiger partial charge in [0.2, 0.25) is 0 Å². The molecule has 2 aliphatic rings. The van der Waals surface area contributed by atoms with Crippen LogP contribution in [-0.4, -0.2) is 53.9 Å². The Morgan fingerprint density at radius 2 is 2.10 bits per heavy atom. The number of pyridine rings is 1. The van der Waals surface area contributed by atoms with E-state index in [0.29, 0.717) is 30.7 Å². The second kappa shape index (κ2) is 8.84. The van der Waals surface area contributed by atoms with E-state index in [2.05, 4.69) is 9.72 Å². The molecule has 1 saturated carbocycles. The highest BCUT2D eigenvalue weighted by molar-refractivity contribution is 5.81. The summed E-state index contributed by atoms with van der Waals surface area (Å²) >= 11 is 0. The van der Waals surface area contributed by atoms with Gasteiger partial charge in [-0.2, -0.15) is 0 Å². The Morgan fingerprint density at radius 3 is 2.76 bits per heavy atom. The van der Waals surface area contributed by atoms with Crippen LogP contribution in [0.5, 0.6) is 5.75 Å². The predicted molar refractivity (Wildman–Crippen MR) is 108 cm³/mol. The van der Waals surface area contributed by atoms with Crippen molar-refractivity contribution in [2.24, 2.45) is 5.92 Å². The standard InChI is InChI=1S/C22H30N2O5/c1-22(2,3)29-21(26)24-9-8-17(24)14-28-18-10-16(12-23-13-18)19-11-15(19)6-5-7-20(25)27-4/h5,7,10,12-13,15,17,19H,6,8-9,11,14H2,1-4H3/t15-,17-,19-/m0/s1. The van der Waals surface area contributed by atoms with E-state index in [1.54, 1.807) is 11.1 Å². The molecule has 0 spiro atoms. The van der Waals surface area contributed by atoms with Crippen LogP contribution in [0.1, 0.15) is 51.5 Å². The molecule has 1 aromatic heterocycles. The molecular weight excluding hydrogens is 372 g/mol. The normalized spacial score (nSPS) is 23.4. The molecule has 3 atom stereocenters. The summed E-state index contributed by atoms with van der Waals surface area (Å²) in [6, 6.07) is 2.06. The van der Waals surface area contributed by atoms with Crippen molar-refractivity contribution in [3.8, 4) is 5.75 Å². The van der Waals surface area contributed by atoms with Crippen molar-refractivity contribution in [2.75, 3.05) is 20.3 Å². The van der Waals surface area contributed by atoms with E-state index < -0.39 is 5.60 Å². The van der Waals surface area contributed by atoms with E-state index in [9.17, 15) is 9.59 Å². The largest absolute Gasteiger partial charge is 0.490 e. The number of esters is 1. The van der Waals surface area contributed by atoms with E-state index in [1.807, 2.05) is 39.1 Å². The quantitative estimate of drug-likeness (QED) is 0.511. The Hall–Kier alpha value is -2.57. The lowest BCUT2D eigenvalue weighted by molar-refractivity contribution is -0.134. The molecule has 2 heterocycles. The average Bonchev–Trinajstić information content (AvgIpc) is 3.39. The van der Waals surface area contributed by atoms with Crippen molar-refractivity contribution in [1.29, 1.82) is 0 Å². The fourth-order valence-electron chi connectivity index (χ4n) is 3.41. The Morgan fingerprint density at radius 1 is 1.31 bits per heavy atom. The maximum atomic E-state index is 12.2. The Kier molecular flexibility index (Phi) is 6.45.